The molecule has 3 aliphatic rings. The number of benzene rings is 4. The quantitative estimate of drug-likeness (QED) is 0.155. The van der Waals surface area contributed by atoms with Crippen molar-refractivity contribution in [3.05, 3.63) is 95.1 Å². The number of rotatable bonds is 12. The zero-order valence-electron chi connectivity index (χ0n) is 29.5. The van der Waals surface area contributed by atoms with Gasteiger partial charge in [0.15, 0.2) is 46.0 Å². The highest BCUT2D eigenvalue weighted by Gasteiger charge is 2.41. The molecule has 8 atom stereocenters. The van der Waals surface area contributed by atoms with E-state index < -0.39 is 24.4 Å². The number of aliphatic hydroxyl groups excluding tert-OH is 2. The van der Waals surface area contributed by atoms with Crippen LogP contribution in [-0.2, 0) is 4.74 Å². The molecule has 0 saturated carbocycles. The van der Waals surface area contributed by atoms with Gasteiger partial charge >= 0.3 is 0 Å². The van der Waals surface area contributed by atoms with E-state index in [4.69, 9.17) is 42.6 Å². The lowest BCUT2D eigenvalue weighted by Gasteiger charge is -2.24. The Morgan fingerprint density at radius 3 is 1.37 bits per heavy atom. The third kappa shape index (κ3) is 6.81. The van der Waals surface area contributed by atoms with Gasteiger partial charge in [0.2, 0.25) is 13.6 Å². The minimum atomic E-state index is -0.902. The predicted octanol–water partition coefficient (Wildman–Crippen LogP) is 7.25. The van der Waals surface area contributed by atoms with Crippen molar-refractivity contribution in [1.29, 1.82) is 0 Å². The van der Waals surface area contributed by atoms with Crippen LogP contribution in [0.1, 0.15) is 74.4 Å². The minimum absolute atomic E-state index is 0.165. The SMILES string of the molecule is COc1cc(C2OC(c3ccc(OC(C)C(O)c4ccc5c(c4)OCO5)c(OC)c3)C(C)C2C)ccc1OC(C)C(O)c1ccc2c(c1)OCO2. The van der Waals surface area contributed by atoms with Gasteiger partial charge in [-0.1, -0.05) is 38.1 Å². The Kier molecular flexibility index (Phi) is 9.78. The summed E-state index contributed by atoms with van der Waals surface area (Å²) in [5.41, 5.74) is 3.26. The van der Waals surface area contributed by atoms with Gasteiger partial charge in [-0.05, 0) is 96.5 Å². The van der Waals surface area contributed by atoms with E-state index in [1.807, 2.05) is 50.2 Å². The number of fused-ring (bicyclic) bond motifs is 2. The van der Waals surface area contributed by atoms with Crippen LogP contribution in [0.15, 0.2) is 72.8 Å². The van der Waals surface area contributed by atoms with Crippen LogP contribution in [0.2, 0.25) is 0 Å². The first-order valence-electron chi connectivity index (χ1n) is 17.1. The molecule has 4 aromatic rings. The van der Waals surface area contributed by atoms with E-state index >= 15 is 0 Å². The lowest BCUT2D eigenvalue weighted by molar-refractivity contribution is 0.0281. The average Bonchev–Trinajstić information content (AvgIpc) is 3.90. The molecule has 0 bridgehead atoms. The molecule has 0 radical (unpaired) electrons. The molecule has 3 aliphatic heterocycles. The van der Waals surface area contributed by atoms with Crippen molar-refractivity contribution in [3.63, 3.8) is 0 Å². The fourth-order valence-corrected chi connectivity index (χ4v) is 6.90. The molecule has 0 spiro atoms. The summed E-state index contributed by atoms with van der Waals surface area (Å²) >= 11 is 0. The molecular weight excluding hydrogens is 656 g/mol. The molecule has 1 fully saturated rings. The van der Waals surface area contributed by atoms with Gasteiger partial charge in [-0.25, -0.2) is 0 Å². The van der Waals surface area contributed by atoms with Crippen molar-refractivity contribution in [3.8, 4) is 46.0 Å². The van der Waals surface area contributed by atoms with Crippen molar-refractivity contribution in [2.24, 2.45) is 11.8 Å². The molecule has 11 heteroatoms. The van der Waals surface area contributed by atoms with Crippen LogP contribution in [0.25, 0.3) is 0 Å². The molecule has 1 saturated heterocycles. The van der Waals surface area contributed by atoms with Crippen LogP contribution < -0.4 is 37.9 Å². The minimum Gasteiger partial charge on any atom is -0.493 e. The van der Waals surface area contributed by atoms with Crippen LogP contribution >= 0.6 is 0 Å². The Hall–Kier alpha value is -4.84. The monoisotopic (exact) mass is 700 g/mol. The van der Waals surface area contributed by atoms with Crippen molar-refractivity contribution < 1.29 is 52.8 Å². The lowest BCUT2D eigenvalue weighted by atomic mass is 9.85. The lowest BCUT2D eigenvalue weighted by Crippen LogP contribution is -2.22. The second kappa shape index (κ2) is 14.4. The number of hydrogen-bond donors (Lipinski definition) is 2. The Bertz CT molecular complexity index is 1730. The zero-order valence-corrected chi connectivity index (χ0v) is 29.5. The van der Waals surface area contributed by atoms with Crippen molar-refractivity contribution >= 4 is 0 Å². The van der Waals surface area contributed by atoms with E-state index in [9.17, 15) is 10.2 Å². The van der Waals surface area contributed by atoms with E-state index in [1.165, 1.54) is 0 Å². The smallest absolute Gasteiger partial charge is 0.231 e. The maximum atomic E-state index is 11.1. The maximum absolute atomic E-state index is 11.1. The largest absolute Gasteiger partial charge is 0.493 e. The summed E-state index contributed by atoms with van der Waals surface area (Å²) in [5, 5.41) is 22.1. The maximum Gasteiger partial charge on any atom is 0.231 e. The Morgan fingerprint density at radius 1 is 0.549 bits per heavy atom. The van der Waals surface area contributed by atoms with Crippen molar-refractivity contribution in [1.82, 2.24) is 0 Å². The summed E-state index contributed by atoms with van der Waals surface area (Å²) in [6.45, 7) is 8.32. The highest BCUT2D eigenvalue weighted by molar-refractivity contribution is 5.48. The molecule has 270 valence electrons. The fraction of sp³-hybridized carbons (Fsp3) is 0.400. The summed E-state index contributed by atoms with van der Waals surface area (Å²) in [7, 11) is 3.19. The van der Waals surface area contributed by atoms with Crippen LogP contribution in [-0.4, -0.2) is 50.2 Å². The van der Waals surface area contributed by atoms with Gasteiger partial charge < -0.3 is 52.8 Å². The molecule has 0 aromatic heterocycles. The van der Waals surface area contributed by atoms with Gasteiger partial charge in [-0.2, -0.15) is 0 Å². The normalized spacial score (nSPS) is 22.6. The third-order valence-corrected chi connectivity index (χ3v) is 10.1. The number of methoxy groups -OCH3 is 2. The molecule has 8 unspecified atom stereocenters. The summed E-state index contributed by atoms with van der Waals surface area (Å²) in [6, 6.07) is 22.3. The Morgan fingerprint density at radius 2 is 0.961 bits per heavy atom. The average molecular weight is 701 g/mol. The number of aliphatic hydroxyl groups is 2. The summed E-state index contributed by atoms with van der Waals surface area (Å²) in [5.74, 6) is 4.99. The van der Waals surface area contributed by atoms with Gasteiger partial charge in [0.05, 0.1) is 26.4 Å². The van der Waals surface area contributed by atoms with Crippen LogP contribution in [0.4, 0.5) is 0 Å². The van der Waals surface area contributed by atoms with Crippen molar-refractivity contribution in [2.75, 3.05) is 27.8 Å². The summed E-state index contributed by atoms with van der Waals surface area (Å²) in [6.07, 6.45) is -3.37. The Labute approximate surface area is 297 Å². The molecular formula is C40H44O11. The van der Waals surface area contributed by atoms with Crippen LogP contribution in [0, 0.1) is 11.8 Å². The summed E-state index contributed by atoms with van der Waals surface area (Å²) < 4.78 is 52.4. The molecule has 0 amide bonds. The molecule has 2 N–H and O–H groups in total. The summed E-state index contributed by atoms with van der Waals surface area (Å²) in [4.78, 5) is 0. The highest BCUT2D eigenvalue weighted by atomic mass is 16.7. The van der Waals surface area contributed by atoms with E-state index in [0.29, 0.717) is 57.1 Å². The van der Waals surface area contributed by atoms with Gasteiger partial charge in [0.25, 0.3) is 0 Å². The second-order valence-corrected chi connectivity index (χ2v) is 13.3. The third-order valence-electron chi connectivity index (χ3n) is 10.1. The molecule has 11 nitrogen and oxygen atoms in total. The zero-order chi connectivity index (χ0) is 35.8. The predicted molar refractivity (Wildman–Crippen MR) is 186 cm³/mol. The molecule has 7 rings (SSSR count). The Balaban J connectivity index is 1.03. The van der Waals surface area contributed by atoms with E-state index in [0.717, 1.165) is 11.1 Å². The van der Waals surface area contributed by atoms with Gasteiger partial charge in [-0.3, -0.25) is 0 Å². The molecule has 0 aliphatic carbocycles. The van der Waals surface area contributed by atoms with Gasteiger partial charge in [-0.15, -0.1) is 0 Å². The number of hydrogen-bond acceptors (Lipinski definition) is 11. The van der Waals surface area contributed by atoms with Gasteiger partial charge in [0.1, 0.15) is 24.4 Å². The first-order valence-corrected chi connectivity index (χ1v) is 17.1. The number of ether oxygens (including phenoxy) is 9. The van der Waals surface area contributed by atoms with Crippen molar-refractivity contribution in [2.45, 2.75) is 64.3 Å². The first kappa shape index (κ1) is 34.6. The molecule has 3 heterocycles. The van der Waals surface area contributed by atoms with Crippen LogP contribution in [0.3, 0.4) is 0 Å². The van der Waals surface area contributed by atoms with E-state index in [1.54, 1.807) is 50.6 Å². The van der Waals surface area contributed by atoms with Gasteiger partial charge in [0, 0.05) is 0 Å². The first-order chi connectivity index (χ1) is 24.6. The van der Waals surface area contributed by atoms with E-state index in [2.05, 4.69) is 13.8 Å². The van der Waals surface area contributed by atoms with E-state index in [-0.39, 0.29) is 37.6 Å². The molecule has 51 heavy (non-hydrogen) atoms. The molecule has 4 aromatic carbocycles. The highest BCUT2D eigenvalue weighted by Crippen LogP contribution is 2.51. The second-order valence-electron chi connectivity index (χ2n) is 13.3. The van der Waals surface area contributed by atoms with Crippen LogP contribution in [0.5, 0.6) is 46.0 Å². The topological polar surface area (TPSA) is 124 Å². The fourth-order valence-electron chi connectivity index (χ4n) is 6.90. The standard InChI is InChI=1S/C40H44O11/c1-21-22(2)40(28-10-14-32(34(18-28)44-6)50-24(4)38(42)26-8-12-30-36(16-26)48-20-46-30)51-39(21)27-9-13-31(33(17-27)43-5)49-23(3)37(41)25-7-11-29-35(15-25)47-19-45-29/h7-18,21-24,37-42H,19-20H2,1-6H3.